The van der Waals surface area contributed by atoms with Gasteiger partial charge in [-0.1, -0.05) is 0 Å². The van der Waals surface area contributed by atoms with Crippen LogP contribution in [0.1, 0.15) is 37.0 Å². The molecule has 0 atom stereocenters. The molecule has 0 bridgehead atoms. The topological polar surface area (TPSA) is 61.9 Å². The highest BCUT2D eigenvalue weighted by atomic mass is 19.1. The van der Waals surface area contributed by atoms with Gasteiger partial charge in [0.2, 0.25) is 5.91 Å². The second kappa shape index (κ2) is 9.17. The summed E-state index contributed by atoms with van der Waals surface area (Å²) in [7, 11) is 0. The van der Waals surface area contributed by atoms with Crippen molar-refractivity contribution < 1.29 is 23.1 Å². The summed E-state index contributed by atoms with van der Waals surface area (Å²) >= 11 is 0. The number of hydrogen-bond acceptors (Lipinski definition) is 4. The molecule has 2 aliphatic rings. The molecule has 8 heteroatoms. The van der Waals surface area contributed by atoms with Crippen LogP contribution in [0.2, 0.25) is 0 Å². The Kier molecular flexibility index (Phi) is 6.85. The molecule has 0 radical (unpaired) electrons. The monoisotopic (exact) mass is 409 g/mol. The zero-order chi connectivity index (χ0) is 21.0. The largest absolute Gasteiger partial charge is 0.379 e. The lowest BCUT2D eigenvalue weighted by Gasteiger charge is -2.41. The Hall–Kier alpha value is -2.06. The molecule has 2 saturated heterocycles. The Balaban J connectivity index is 1.48. The number of likely N-dealkylation sites (tertiary alicyclic amines) is 1. The van der Waals surface area contributed by atoms with E-state index in [0.717, 1.165) is 19.2 Å². The fraction of sp³-hybridized carbons (Fsp3) is 0.619. The molecule has 2 amide bonds. The molecule has 0 spiro atoms. The zero-order valence-electron chi connectivity index (χ0n) is 17.0. The van der Waals surface area contributed by atoms with Crippen molar-refractivity contribution in [3.05, 3.63) is 35.4 Å². The summed E-state index contributed by atoms with van der Waals surface area (Å²) in [5, 5.41) is 3.05. The van der Waals surface area contributed by atoms with Crippen LogP contribution in [0.4, 0.5) is 8.78 Å². The molecule has 1 N–H and O–H groups in total. The van der Waals surface area contributed by atoms with E-state index in [0.29, 0.717) is 51.8 Å². The number of halogens is 2. The first-order valence-electron chi connectivity index (χ1n) is 10.1. The third-order valence-electron chi connectivity index (χ3n) is 5.88. The Morgan fingerprint density at radius 1 is 1.14 bits per heavy atom. The standard InChI is InChI=1S/C21H29F2N3O3/c1-21(2,26-9-11-29-12-10-26)14-24-19(27)15-5-7-25(8-6-15)20(28)17-4-3-16(22)13-18(17)23/h3-4,13,15H,5-12,14H2,1-2H3,(H,24,27). The first-order chi connectivity index (χ1) is 13.8. The molecule has 0 unspecified atom stereocenters. The van der Waals surface area contributed by atoms with Crippen LogP contribution in [0.15, 0.2) is 18.2 Å². The Morgan fingerprint density at radius 3 is 2.41 bits per heavy atom. The first-order valence-corrected chi connectivity index (χ1v) is 10.1. The van der Waals surface area contributed by atoms with E-state index < -0.39 is 17.5 Å². The number of amides is 2. The molecule has 6 nitrogen and oxygen atoms in total. The van der Waals surface area contributed by atoms with Crippen LogP contribution in [0.25, 0.3) is 0 Å². The molecule has 2 fully saturated rings. The molecule has 1 aromatic rings. The van der Waals surface area contributed by atoms with E-state index in [1.54, 1.807) is 0 Å². The summed E-state index contributed by atoms with van der Waals surface area (Å²) in [5.74, 6) is -2.21. The SMILES string of the molecule is CC(C)(CNC(=O)C1CCN(C(=O)c2ccc(F)cc2F)CC1)N1CCOCC1. The highest BCUT2D eigenvalue weighted by Crippen LogP contribution is 2.21. The number of ether oxygens (including phenoxy) is 1. The van der Waals surface area contributed by atoms with Gasteiger partial charge in [0.15, 0.2) is 0 Å². The second-order valence-electron chi connectivity index (χ2n) is 8.32. The van der Waals surface area contributed by atoms with E-state index in [9.17, 15) is 18.4 Å². The molecule has 0 aliphatic carbocycles. The minimum atomic E-state index is -0.861. The lowest BCUT2D eigenvalue weighted by molar-refractivity contribution is -0.127. The number of carbonyl (C=O) groups excluding carboxylic acids is 2. The van der Waals surface area contributed by atoms with E-state index in [-0.39, 0.29) is 22.9 Å². The Morgan fingerprint density at radius 2 is 1.79 bits per heavy atom. The van der Waals surface area contributed by atoms with Crippen molar-refractivity contribution in [3.8, 4) is 0 Å². The van der Waals surface area contributed by atoms with Crippen molar-refractivity contribution in [2.45, 2.75) is 32.2 Å². The van der Waals surface area contributed by atoms with Crippen molar-refractivity contribution in [3.63, 3.8) is 0 Å². The fourth-order valence-electron chi connectivity index (χ4n) is 3.91. The van der Waals surface area contributed by atoms with E-state index in [2.05, 4.69) is 24.1 Å². The summed E-state index contributed by atoms with van der Waals surface area (Å²) in [4.78, 5) is 28.9. The van der Waals surface area contributed by atoms with Crippen molar-refractivity contribution >= 4 is 11.8 Å². The Bertz CT molecular complexity index is 743. The van der Waals surface area contributed by atoms with Crippen molar-refractivity contribution in [2.24, 2.45) is 5.92 Å². The lowest BCUT2D eigenvalue weighted by Crippen LogP contribution is -2.56. The number of benzene rings is 1. The number of carbonyl (C=O) groups is 2. The van der Waals surface area contributed by atoms with Gasteiger partial charge in [0.05, 0.1) is 18.8 Å². The van der Waals surface area contributed by atoms with Crippen molar-refractivity contribution in [1.29, 1.82) is 0 Å². The van der Waals surface area contributed by atoms with Gasteiger partial charge < -0.3 is 15.0 Å². The predicted octanol–water partition coefficient (Wildman–Crippen LogP) is 2.04. The molecule has 2 aliphatic heterocycles. The minimum absolute atomic E-state index is 0.00797. The first kappa shape index (κ1) is 21.6. The summed E-state index contributed by atoms with van der Waals surface area (Å²) in [6.45, 7) is 8.63. The number of nitrogens with one attached hydrogen (secondary N) is 1. The number of piperidine rings is 1. The van der Waals surface area contributed by atoms with E-state index in [1.165, 1.54) is 11.0 Å². The van der Waals surface area contributed by atoms with Gasteiger partial charge in [-0.3, -0.25) is 14.5 Å². The molecule has 160 valence electrons. The van der Waals surface area contributed by atoms with Gasteiger partial charge in [0.25, 0.3) is 5.91 Å². The average molecular weight is 409 g/mol. The van der Waals surface area contributed by atoms with Gasteiger partial charge in [-0.15, -0.1) is 0 Å². The van der Waals surface area contributed by atoms with Crippen LogP contribution < -0.4 is 5.32 Å². The van der Waals surface area contributed by atoms with Crippen LogP contribution in [-0.2, 0) is 9.53 Å². The Labute approximate surface area is 170 Å². The van der Waals surface area contributed by atoms with Crippen LogP contribution in [0.5, 0.6) is 0 Å². The fourth-order valence-corrected chi connectivity index (χ4v) is 3.91. The second-order valence-corrected chi connectivity index (χ2v) is 8.32. The smallest absolute Gasteiger partial charge is 0.256 e. The van der Waals surface area contributed by atoms with Gasteiger partial charge in [-0.05, 0) is 38.8 Å². The van der Waals surface area contributed by atoms with Crippen LogP contribution in [0, 0.1) is 17.6 Å². The summed E-state index contributed by atoms with van der Waals surface area (Å²) < 4.78 is 32.3. The maximum absolute atomic E-state index is 13.9. The maximum Gasteiger partial charge on any atom is 0.256 e. The molecule has 3 rings (SSSR count). The number of morpholine rings is 1. The third-order valence-corrected chi connectivity index (χ3v) is 5.88. The molecule has 2 heterocycles. The highest BCUT2D eigenvalue weighted by molar-refractivity contribution is 5.94. The lowest BCUT2D eigenvalue weighted by atomic mass is 9.94. The quantitative estimate of drug-likeness (QED) is 0.809. The van der Waals surface area contributed by atoms with Gasteiger partial charge in [0.1, 0.15) is 11.6 Å². The summed E-state index contributed by atoms with van der Waals surface area (Å²) in [5.41, 5.74) is -0.294. The van der Waals surface area contributed by atoms with Crippen LogP contribution in [-0.4, -0.2) is 73.1 Å². The normalized spacial score (nSPS) is 19.2. The molecule has 0 aromatic heterocycles. The van der Waals surface area contributed by atoms with Crippen LogP contribution >= 0.6 is 0 Å². The number of rotatable bonds is 5. The van der Waals surface area contributed by atoms with Gasteiger partial charge >= 0.3 is 0 Å². The van der Waals surface area contributed by atoms with Crippen molar-refractivity contribution in [2.75, 3.05) is 45.9 Å². The van der Waals surface area contributed by atoms with E-state index >= 15 is 0 Å². The maximum atomic E-state index is 13.9. The molecule has 1 aromatic carbocycles. The predicted molar refractivity (Wildman–Crippen MR) is 104 cm³/mol. The third kappa shape index (κ3) is 5.30. The van der Waals surface area contributed by atoms with E-state index in [1.807, 2.05) is 0 Å². The molecule has 0 saturated carbocycles. The zero-order valence-corrected chi connectivity index (χ0v) is 17.0. The van der Waals surface area contributed by atoms with Gasteiger partial charge in [-0.2, -0.15) is 0 Å². The van der Waals surface area contributed by atoms with Gasteiger partial charge in [-0.25, -0.2) is 8.78 Å². The van der Waals surface area contributed by atoms with Gasteiger partial charge in [0, 0.05) is 50.2 Å². The molecular weight excluding hydrogens is 380 g/mol. The summed E-state index contributed by atoms with van der Waals surface area (Å²) in [6, 6.07) is 2.95. The highest BCUT2D eigenvalue weighted by Gasteiger charge is 2.32. The number of nitrogens with zero attached hydrogens (tertiary/aromatic N) is 2. The number of hydrogen-bond donors (Lipinski definition) is 1. The molecular formula is C21H29F2N3O3. The minimum Gasteiger partial charge on any atom is -0.379 e. The van der Waals surface area contributed by atoms with E-state index in [4.69, 9.17) is 4.74 Å². The van der Waals surface area contributed by atoms with Crippen LogP contribution in [0.3, 0.4) is 0 Å². The molecule has 29 heavy (non-hydrogen) atoms. The van der Waals surface area contributed by atoms with Crippen molar-refractivity contribution in [1.82, 2.24) is 15.1 Å². The summed E-state index contributed by atoms with van der Waals surface area (Å²) in [6.07, 6.45) is 1.05. The average Bonchev–Trinajstić information content (AvgIpc) is 2.72.